The third kappa shape index (κ3) is 5.48. The monoisotopic (exact) mass is 256 g/mol. The van der Waals surface area contributed by atoms with Crippen LogP contribution in [0.4, 0.5) is 0 Å². The van der Waals surface area contributed by atoms with Crippen LogP contribution in [0.1, 0.15) is 25.3 Å². The normalized spacial score (nSPS) is 12.6. The predicted molar refractivity (Wildman–Crippen MR) is 71.5 cm³/mol. The molecule has 0 aliphatic carbocycles. The quantitative estimate of drug-likeness (QED) is 0.727. The van der Waals surface area contributed by atoms with Crippen molar-refractivity contribution >= 4 is 11.6 Å². The Morgan fingerprint density at radius 3 is 3.00 bits per heavy atom. The molecule has 0 amide bonds. The van der Waals surface area contributed by atoms with Crippen molar-refractivity contribution in [1.29, 1.82) is 0 Å². The minimum Gasteiger partial charge on any atom is -0.385 e. The maximum Gasteiger partial charge on any atom is 0.0621 e. The molecule has 1 unspecified atom stereocenters. The van der Waals surface area contributed by atoms with E-state index in [1.165, 1.54) is 0 Å². The van der Waals surface area contributed by atoms with Gasteiger partial charge in [-0.1, -0.05) is 18.5 Å². The van der Waals surface area contributed by atoms with E-state index in [9.17, 15) is 0 Å². The Hall–Kier alpha value is -0.640. The summed E-state index contributed by atoms with van der Waals surface area (Å²) in [6, 6.07) is 2.44. The highest BCUT2D eigenvalue weighted by atomic mass is 35.5. The number of aromatic nitrogens is 1. The molecule has 96 valence electrons. The van der Waals surface area contributed by atoms with E-state index in [0.717, 1.165) is 43.0 Å². The molecule has 0 bridgehead atoms. The summed E-state index contributed by atoms with van der Waals surface area (Å²) in [6.45, 7) is 3.91. The van der Waals surface area contributed by atoms with Crippen molar-refractivity contribution in [3.63, 3.8) is 0 Å². The highest BCUT2D eigenvalue weighted by Crippen LogP contribution is 2.16. The zero-order valence-corrected chi connectivity index (χ0v) is 11.3. The molecule has 4 heteroatoms. The number of nitrogens with zero attached hydrogens (tertiary/aromatic N) is 1. The highest BCUT2D eigenvalue weighted by molar-refractivity contribution is 6.31. The average Bonchev–Trinajstić information content (AvgIpc) is 2.32. The third-order valence-corrected chi connectivity index (χ3v) is 3.06. The van der Waals surface area contributed by atoms with Crippen molar-refractivity contribution < 1.29 is 4.74 Å². The van der Waals surface area contributed by atoms with Gasteiger partial charge in [-0.15, -0.1) is 0 Å². The molecule has 1 rings (SSSR count). The average molecular weight is 257 g/mol. The van der Waals surface area contributed by atoms with Crippen LogP contribution in [0.5, 0.6) is 0 Å². The Morgan fingerprint density at radius 1 is 1.53 bits per heavy atom. The van der Waals surface area contributed by atoms with Crippen molar-refractivity contribution in [2.75, 3.05) is 20.3 Å². The first kappa shape index (κ1) is 14.4. The van der Waals surface area contributed by atoms with Crippen LogP contribution < -0.4 is 5.32 Å². The van der Waals surface area contributed by atoms with E-state index in [2.05, 4.69) is 17.2 Å². The Balaban J connectivity index is 2.50. The maximum absolute atomic E-state index is 6.11. The molecule has 17 heavy (non-hydrogen) atoms. The molecule has 1 aromatic rings. The molecule has 0 spiro atoms. The van der Waals surface area contributed by atoms with Crippen LogP contribution in [0.15, 0.2) is 18.5 Å². The molecule has 0 saturated carbocycles. The summed E-state index contributed by atoms with van der Waals surface area (Å²) in [5, 5.41) is 4.23. The topological polar surface area (TPSA) is 34.1 Å². The minimum atomic E-state index is 0.454. The van der Waals surface area contributed by atoms with E-state index in [0.29, 0.717) is 6.04 Å². The standard InChI is InChI=1S/C13H21ClN2O/c1-3-16-12(5-4-8-17-2)9-11-6-7-15-10-13(11)14/h6-7,10,12,16H,3-5,8-9H2,1-2H3. The molecule has 0 saturated heterocycles. The zero-order valence-electron chi connectivity index (χ0n) is 10.6. The number of rotatable bonds is 8. The van der Waals surface area contributed by atoms with Crippen LogP contribution in [-0.2, 0) is 11.2 Å². The summed E-state index contributed by atoms with van der Waals surface area (Å²) in [5.74, 6) is 0. The van der Waals surface area contributed by atoms with E-state index >= 15 is 0 Å². The molecule has 1 heterocycles. The fourth-order valence-corrected chi connectivity index (χ4v) is 2.07. The van der Waals surface area contributed by atoms with Gasteiger partial charge in [0.15, 0.2) is 0 Å². The second kappa shape index (κ2) is 8.45. The summed E-state index contributed by atoms with van der Waals surface area (Å²) in [5.41, 5.74) is 1.16. The highest BCUT2D eigenvalue weighted by Gasteiger charge is 2.10. The number of hydrogen-bond acceptors (Lipinski definition) is 3. The van der Waals surface area contributed by atoms with Crippen molar-refractivity contribution in [1.82, 2.24) is 10.3 Å². The summed E-state index contributed by atoms with van der Waals surface area (Å²) in [7, 11) is 1.74. The predicted octanol–water partition coefficient (Wildman–Crippen LogP) is 2.68. The van der Waals surface area contributed by atoms with Crippen molar-refractivity contribution in [2.45, 2.75) is 32.2 Å². The number of pyridine rings is 1. The first-order valence-corrected chi connectivity index (χ1v) is 6.46. The minimum absolute atomic E-state index is 0.454. The molecule has 0 aliphatic heterocycles. The van der Waals surface area contributed by atoms with Gasteiger partial charge >= 0.3 is 0 Å². The van der Waals surface area contributed by atoms with Gasteiger partial charge in [-0.3, -0.25) is 4.98 Å². The van der Waals surface area contributed by atoms with Gasteiger partial charge in [0.25, 0.3) is 0 Å². The molecule has 0 aromatic carbocycles. The van der Waals surface area contributed by atoms with Crippen molar-refractivity contribution in [3.05, 3.63) is 29.0 Å². The number of nitrogens with one attached hydrogen (secondary N) is 1. The van der Waals surface area contributed by atoms with Crippen LogP contribution in [0.3, 0.4) is 0 Å². The van der Waals surface area contributed by atoms with Gasteiger partial charge in [0.2, 0.25) is 0 Å². The van der Waals surface area contributed by atoms with Gasteiger partial charge in [-0.05, 0) is 37.4 Å². The lowest BCUT2D eigenvalue weighted by molar-refractivity contribution is 0.188. The van der Waals surface area contributed by atoms with Crippen molar-refractivity contribution in [2.24, 2.45) is 0 Å². The molecule has 0 aliphatic rings. The van der Waals surface area contributed by atoms with Gasteiger partial charge in [-0.25, -0.2) is 0 Å². The lowest BCUT2D eigenvalue weighted by Gasteiger charge is -2.18. The van der Waals surface area contributed by atoms with E-state index in [4.69, 9.17) is 16.3 Å². The Bertz CT molecular complexity index is 320. The van der Waals surface area contributed by atoms with Gasteiger partial charge in [0.1, 0.15) is 0 Å². The van der Waals surface area contributed by atoms with E-state index in [1.54, 1.807) is 19.5 Å². The van der Waals surface area contributed by atoms with Crippen LogP contribution in [0, 0.1) is 0 Å². The molecule has 3 nitrogen and oxygen atoms in total. The number of methoxy groups -OCH3 is 1. The number of hydrogen-bond donors (Lipinski definition) is 1. The molecule has 1 aromatic heterocycles. The third-order valence-electron chi connectivity index (χ3n) is 2.72. The second-order valence-corrected chi connectivity index (χ2v) is 4.47. The smallest absolute Gasteiger partial charge is 0.0621 e. The first-order valence-electron chi connectivity index (χ1n) is 6.08. The van der Waals surface area contributed by atoms with Crippen LogP contribution in [0.2, 0.25) is 5.02 Å². The SMILES string of the molecule is CCNC(CCCOC)Cc1ccncc1Cl. The molecular weight excluding hydrogens is 236 g/mol. The Labute approximate surface area is 109 Å². The van der Waals surface area contributed by atoms with Crippen molar-refractivity contribution in [3.8, 4) is 0 Å². The molecule has 1 atom stereocenters. The maximum atomic E-state index is 6.11. The van der Waals surface area contributed by atoms with Gasteiger partial charge in [0.05, 0.1) is 5.02 Å². The van der Waals surface area contributed by atoms with E-state index in [-0.39, 0.29) is 0 Å². The summed E-state index contributed by atoms with van der Waals surface area (Å²) in [6.07, 6.45) is 6.60. The molecule has 1 N–H and O–H groups in total. The summed E-state index contributed by atoms with van der Waals surface area (Å²) < 4.78 is 5.08. The fraction of sp³-hybridized carbons (Fsp3) is 0.615. The summed E-state index contributed by atoms with van der Waals surface area (Å²) >= 11 is 6.11. The summed E-state index contributed by atoms with van der Waals surface area (Å²) in [4.78, 5) is 4.00. The zero-order chi connectivity index (χ0) is 12.5. The molecular formula is C13H21ClN2O. The lowest BCUT2D eigenvalue weighted by Crippen LogP contribution is -2.31. The van der Waals surface area contributed by atoms with Gasteiger partial charge in [0, 0.05) is 32.2 Å². The number of likely N-dealkylation sites (N-methyl/N-ethyl adjacent to an activating group) is 1. The van der Waals surface area contributed by atoms with E-state index in [1.807, 2.05) is 6.07 Å². The van der Waals surface area contributed by atoms with Gasteiger partial charge < -0.3 is 10.1 Å². The lowest BCUT2D eigenvalue weighted by atomic mass is 10.0. The van der Waals surface area contributed by atoms with Gasteiger partial charge in [-0.2, -0.15) is 0 Å². The van der Waals surface area contributed by atoms with Crippen LogP contribution in [-0.4, -0.2) is 31.3 Å². The largest absolute Gasteiger partial charge is 0.385 e. The second-order valence-electron chi connectivity index (χ2n) is 4.06. The van der Waals surface area contributed by atoms with E-state index < -0.39 is 0 Å². The Kier molecular flexibility index (Phi) is 7.17. The number of ether oxygens (including phenoxy) is 1. The molecule has 0 fully saturated rings. The first-order chi connectivity index (χ1) is 8.27. The number of halogens is 1. The van der Waals surface area contributed by atoms with Crippen LogP contribution in [0.25, 0.3) is 0 Å². The Morgan fingerprint density at radius 2 is 2.35 bits per heavy atom. The van der Waals surface area contributed by atoms with Crippen LogP contribution >= 0.6 is 11.6 Å². The fourth-order valence-electron chi connectivity index (χ4n) is 1.87. The molecule has 0 radical (unpaired) electrons.